The Morgan fingerprint density at radius 3 is 1.89 bits per heavy atom. The van der Waals surface area contributed by atoms with Crippen molar-refractivity contribution in [2.24, 2.45) is 0 Å². The van der Waals surface area contributed by atoms with Crippen molar-refractivity contribution in [3.63, 3.8) is 0 Å². The third kappa shape index (κ3) is 4.20. The van der Waals surface area contributed by atoms with Crippen LogP contribution in [0.2, 0.25) is 0 Å². The van der Waals surface area contributed by atoms with E-state index in [1.54, 1.807) is 0 Å². The first kappa shape index (κ1) is 15.8. The average molecular weight is 400 g/mol. The molecule has 0 aromatic rings. The van der Waals surface area contributed by atoms with Gasteiger partial charge in [0.05, 0.1) is 24.3 Å². The van der Waals surface area contributed by atoms with Crippen molar-refractivity contribution in [3.8, 4) is 0 Å². The van der Waals surface area contributed by atoms with Crippen LogP contribution in [0.4, 0.5) is 0 Å². The molecule has 106 valence electrons. The van der Waals surface area contributed by atoms with Gasteiger partial charge in [-0.25, -0.2) is 0 Å². The Balaban J connectivity index is 2.09. The summed E-state index contributed by atoms with van der Waals surface area (Å²) in [5, 5.41) is 0. The van der Waals surface area contributed by atoms with E-state index in [9.17, 15) is 0 Å². The third-order valence-corrected chi connectivity index (χ3v) is 8.19. The Labute approximate surface area is 131 Å². The fraction of sp³-hybridized carbons (Fsp3) is 1.00. The van der Waals surface area contributed by atoms with Gasteiger partial charge < -0.3 is 13.3 Å². The molecule has 0 spiro atoms. The molecule has 0 aromatic heterocycles. The van der Waals surface area contributed by atoms with Crippen molar-refractivity contribution in [1.29, 1.82) is 0 Å². The lowest BCUT2D eigenvalue weighted by molar-refractivity contribution is -0.00939. The van der Waals surface area contributed by atoms with Crippen molar-refractivity contribution < 1.29 is 13.3 Å². The fourth-order valence-electron chi connectivity index (χ4n) is 2.01. The van der Waals surface area contributed by atoms with Gasteiger partial charge in [0.1, 0.15) is 0 Å². The van der Waals surface area contributed by atoms with Gasteiger partial charge in [0.15, 0.2) is 3.79 Å². The molecule has 0 saturated carbocycles. The van der Waals surface area contributed by atoms with E-state index in [2.05, 4.69) is 20.8 Å². The van der Waals surface area contributed by atoms with Crippen LogP contribution in [-0.2, 0) is 13.3 Å². The van der Waals surface area contributed by atoms with Gasteiger partial charge in [-0.1, -0.05) is 50.7 Å². The molecule has 0 amide bonds. The third-order valence-electron chi connectivity index (χ3n) is 2.93. The molecule has 1 atom stereocenters. The Hall–Kier alpha value is 1.41. The van der Waals surface area contributed by atoms with Gasteiger partial charge in [0, 0.05) is 26.1 Å². The number of fused-ring (bicyclic) bond motifs is 6. The van der Waals surface area contributed by atoms with E-state index >= 15 is 0 Å². The topological polar surface area (TPSA) is 30.9 Å². The number of alkyl halides is 4. The normalized spacial score (nSPS) is 35.7. The van der Waals surface area contributed by atoms with Crippen LogP contribution < -0.4 is 0 Å². The minimum atomic E-state index is -2.80. The molecule has 0 unspecified atom stereocenters. The predicted molar refractivity (Wildman–Crippen MR) is 77.7 cm³/mol. The number of hydrogen-bond donors (Lipinski definition) is 0. The van der Waals surface area contributed by atoms with Crippen molar-refractivity contribution in [3.05, 3.63) is 0 Å². The first-order valence-electron chi connectivity index (χ1n) is 5.76. The van der Waals surface area contributed by atoms with Crippen LogP contribution in [0.1, 0.15) is 6.42 Å². The monoisotopic (exact) mass is 397 g/mol. The molecule has 18 heavy (non-hydrogen) atoms. The molecule has 0 aliphatic carbocycles. The number of rotatable bonds is 2. The van der Waals surface area contributed by atoms with Gasteiger partial charge in [-0.3, -0.25) is 4.90 Å². The molecular weight excluding hydrogens is 384 g/mol. The van der Waals surface area contributed by atoms with Crippen molar-refractivity contribution in [2.45, 2.75) is 14.7 Å². The van der Waals surface area contributed by atoms with Gasteiger partial charge in [-0.2, -0.15) is 0 Å². The zero-order chi connectivity index (χ0) is 13.2. The highest BCUT2D eigenvalue weighted by molar-refractivity contribution is 9.10. The standard InChI is InChI=1S/C9H15BrCl3NO3Si/c10-8(7-9(11,12)13)18-15-4-1-14(2-5-16-18)3-6-17-18/h8H,1-7H2/t8-/m1/s1. The molecule has 0 N–H and O–H groups in total. The zero-order valence-electron chi connectivity index (χ0n) is 9.71. The Bertz CT molecular complexity index is 268. The Morgan fingerprint density at radius 2 is 1.50 bits per heavy atom. The molecule has 2 bridgehead atoms. The lowest BCUT2D eigenvalue weighted by Gasteiger charge is -2.40. The van der Waals surface area contributed by atoms with Gasteiger partial charge in [-0.05, 0) is 0 Å². The first-order valence-corrected chi connectivity index (χ1v) is 9.61. The van der Waals surface area contributed by atoms with Crippen molar-refractivity contribution in [2.75, 3.05) is 39.5 Å². The largest absolute Gasteiger partial charge is 0.515 e. The number of nitrogens with zero attached hydrogens (tertiary/aromatic N) is 1. The minimum absolute atomic E-state index is 0.206. The van der Waals surface area contributed by atoms with E-state index in [1.807, 2.05) is 0 Å². The highest BCUT2D eigenvalue weighted by Gasteiger charge is 2.52. The second-order valence-electron chi connectivity index (χ2n) is 4.28. The maximum atomic E-state index is 5.88. The van der Waals surface area contributed by atoms with Crippen LogP contribution in [0.5, 0.6) is 0 Å². The van der Waals surface area contributed by atoms with Crippen LogP contribution in [0.25, 0.3) is 0 Å². The van der Waals surface area contributed by atoms with Crippen LogP contribution >= 0.6 is 50.7 Å². The van der Waals surface area contributed by atoms with E-state index in [-0.39, 0.29) is 4.45 Å². The minimum Gasteiger partial charge on any atom is -0.371 e. The summed E-state index contributed by atoms with van der Waals surface area (Å²) >= 11 is 21.1. The summed E-state index contributed by atoms with van der Waals surface area (Å²) in [5.74, 6) is 0. The summed E-state index contributed by atoms with van der Waals surface area (Å²) in [4.78, 5) is 2.26. The van der Waals surface area contributed by atoms with E-state index in [1.165, 1.54) is 0 Å². The molecule has 3 aliphatic heterocycles. The van der Waals surface area contributed by atoms with Crippen LogP contribution in [0, 0.1) is 0 Å². The Kier molecular flexibility index (Phi) is 5.66. The molecule has 0 radical (unpaired) electrons. The summed E-state index contributed by atoms with van der Waals surface area (Å²) in [5.41, 5.74) is 0. The molecule has 3 rings (SSSR count). The van der Waals surface area contributed by atoms with Gasteiger partial charge >= 0.3 is 8.80 Å². The summed E-state index contributed by atoms with van der Waals surface area (Å²) in [6, 6.07) is 0. The van der Waals surface area contributed by atoms with E-state index in [0.29, 0.717) is 26.2 Å². The number of halogens is 4. The van der Waals surface area contributed by atoms with Crippen LogP contribution in [-0.4, -0.2) is 61.4 Å². The van der Waals surface area contributed by atoms with Crippen LogP contribution in [0.3, 0.4) is 0 Å². The lowest BCUT2D eigenvalue weighted by Crippen LogP contribution is -2.60. The molecule has 4 nitrogen and oxygen atoms in total. The van der Waals surface area contributed by atoms with Gasteiger partial charge in [0.2, 0.25) is 0 Å². The second kappa shape index (κ2) is 6.45. The maximum Gasteiger partial charge on any atom is 0.515 e. The smallest absolute Gasteiger partial charge is 0.371 e. The summed E-state index contributed by atoms with van der Waals surface area (Å²) in [7, 11) is -2.80. The van der Waals surface area contributed by atoms with E-state index in [4.69, 9.17) is 48.1 Å². The highest BCUT2D eigenvalue weighted by Crippen LogP contribution is 2.38. The van der Waals surface area contributed by atoms with E-state index in [0.717, 1.165) is 19.6 Å². The molecule has 0 aromatic carbocycles. The second-order valence-corrected chi connectivity index (χ2v) is 11.5. The van der Waals surface area contributed by atoms with Crippen LogP contribution in [0.15, 0.2) is 0 Å². The fourth-order valence-corrected chi connectivity index (χ4v) is 7.57. The Morgan fingerprint density at radius 1 is 1.06 bits per heavy atom. The predicted octanol–water partition coefficient (Wildman–Crippen LogP) is 2.37. The van der Waals surface area contributed by atoms with Crippen molar-refractivity contribution in [1.82, 2.24) is 4.90 Å². The summed E-state index contributed by atoms with van der Waals surface area (Å²) < 4.78 is 16.1. The molecule has 3 fully saturated rings. The average Bonchev–Trinajstić information content (AvgIpc) is 2.11. The molecule has 3 aliphatic rings. The highest BCUT2D eigenvalue weighted by atomic mass is 79.9. The molecule has 3 saturated heterocycles. The molecule has 9 heteroatoms. The first-order chi connectivity index (χ1) is 8.41. The zero-order valence-corrected chi connectivity index (χ0v) is 14.6. The summed E-state index contributed by atoms with van der Waals surface area (Å²) in [6.45, 7) is 4.47. The van der Waals surface area contributed by atoms with Gasteiger partial charge in [-0.15, -0.1) is 0 Å². The molecular formula is C9H15BrCl3NO3Si. The molecule has 3 heterocycles. The van der Waals surface area contributed by atoms with Crippen molar-refractivity contribution >= 4 is 59.5 Å². The SMILES string of the molecule is ClC(Cl)(Cl)C[C@H](Br)[Si]12OCCN(CCO1)CCO2. The summed E-state index contributed by atoms with van der Waals surface area (Å²) in [6.07, 6.45) is 0.299. The van der Waals surface area contributed by atoms with E-state index < -0.39 is 12.6 Å². The number of hydrogen-bond acceptors (Lipinski definition) is 4. The quantitative estimate of drug-likeness (QED) is 0.527. The maximum absolute atomic E-state index is 5.88. The van der Waals surface area contributed by atoms with Gasteiger partial charge in [0.25, 0.3) is 0 Å². The lowest BCUT2D eigenvalue weighted by atomic mass is 10.4.